The standard InChI is InChI=1S/C19H17FN2O3/c20-13-7-5-12(6-8-13)17-19(9-10-22(17)16(24)11-23)14-3-1-2-4-15(14)21-18(19)25/h1-8,17,23H,9-11H2,(H,21,25)/t17-,19+/m0/s1. The number of rotatable bonds is 2. The van der Waals surface area contributed by atoms with Crippen LogP contribution in [0.2, 0.25) is 0 Å². The smallest absolute Gasteiger partial charge is 0.248 e. The fourth-order valence-electron chi connectivity index (χ4n) is 4.15. The van der Waals surface area contributed by atoms with Gasteiger partial charge in [0.15, 0.2) is 0 Å². The molecule has 2 aromatic carbocycles. The summed E-state index contributed by atoms with van der Waals surface area (Å²) in [7, 11) is 0. The molecule has 5 nitrogen and oxygen atoms in total. The summed E-state index contributed by atoms with van der Waals surface area (Å²) in [6.45, 7) is -0.278. The zero-order valence-corrected chi connectivity index (χ0v) is 13.4. The monoisotopic (exact) mass is 340 g/mol. The molecule has 25 heavy (non-hydrogen) atoms. The minimum atomic E-state index is -0.931. The average molecular weight is 340 g/mol. The Kier molecular flexibility index (Phi) is 3.58. The van der Waals surface area contributed by atoms with Crippen LogP contribution in [0, 0.1) is 5.82 Å². The van der Waals surface area contributed by atoms with Gasteiger partial charge in [-0.3, -0.25) is 9.59 Å². The van der Waals surface area contributed by atoms with Gasteiger partial charge in [-0.25, -0.2) is 4.39 Å². The molecule has 4 rings (SSSR count). The van der Waals surface area contributed by atoms with Gasteiger partial charge in [0.25, 0.3) is 0 Å². The number of anilines is 1. The van der Waals surface area contributed by atoms with Crippen molar-refractivity contribution in [3.63, 3.8) is 0 Å². The zero-order chi connectivity index (χ0) is 17.6. The van der Waals surface area contributed by atoms with Gasteiger partial charge in [0.1, 0.15) is 17.8 Å². The van der Waals surface area contributed by atoms with Crippen LogP contribution in [-0.2, 0) is 15.0 Å². The first kappa shape index (κ1) is 15.8. The molecule has 1 spiro atoms. The van der Waals surface area contributed by atoms with Gasteiger partial charge in [-0.05, 0) is 35.7 Å². The number of nitrogens with one attached hydrogen (secondary N) is 1. The summed E-state index contributed by atoms with van der Waals surface area (Å²) in [4.78, 5) is 26.8. The lowest BCUT2D eigenvalue weighted by Crippen LogP contribution is -2.43. The van der Waals surface area contributed by atoms with Crippen molar-refractivity contribution in [1.82, 2.24) is 4.90 Å². The number of hydrogen-bond acceptors (Lipinski definition) is 3. The first-order valence-electron chi connectivity index (χ1n) is 8.14. The second-order valence-corrected chi connectivity index (χ2v) is 6.42. The van der Waals surface area contributed by atoms with Gasteiger partial charge >= 0.3 is 0 Å². The van der Waals surface area contributed by atoms with E-state index in [1.807, 2.05) is 24.3 Å². The minimum Gasteiger partial charge on any atom is -0.387 e. The van der Waals surface area contributed by atoms with Crippen LogP contribution < -0.4 is 5.32 Å². The van der Waals surface area contributed by atoms with E-state index < -0.39 is 24.0 Å². The molecular formula is C19H17FN2O3. The molecule has 0 bridgehead atoms. The summed E-state index contributed by atoms with van der Waals surface area (Å²) in [6.07, 6.45) is 0.448. The first-order chi connectivity index (χ1) is 12.1. The Morgan fingerprint density at radius 3 is 2.68 bits per heavy atom. The van der Waals surface area contributed by atoms with Crippen LogP contribution in [0.15, 0.2) is 48.5 Å². The molecule has 2 aliphatic heterocycles. The number of amides is 2. The predicted octanol–water partition coefficient (Wildman–Crippen LogP) is 1.98. The van der Waals surface area contributed by atoms with E-state index in [0.29, 0.717) is 18.5 Å². The molecule has 2 N–H and O–H groups in total. The van der Waals surface area contributed by atoms with E-state index in [0.717, 1.165) is 11.3 Å². The van der Waals surface area contributed by atoms with Gasteiger partial charge in [-0.15, -0.1) is 0 Å². The molecule has 2 amide bonds. The number of para-hydroxylation sites is 1. The number of carbonyl (C=O) groups excluding carboxylic acids is 2. The highest BCUT2D eigenvalue weighted by Crippen LogP contribution is 2.54. The van der Waals surface area contributed by atoms with Crippen LogP contribution in [0.4, 0.5) is 10.1 Å². The van der Waals surface area contributed by atoms with Crippen molar-refractivity contribution in [3.8, 4) is 0 Å². The van der Waals surface area contributed by atoms with Crippen LogP contribution >= 0.6 is 0 Å². The van der Waals surface area contributed by atoms with Crippen molar-refractivity contribution in [2.24, 2.45) is 0 Å². The highest BCUT2D eigenvalue weighted by Gasteiger charge is 2.59. The Bertz CT molecular complexity index is 852. The Hall–Kier alpha value is -2.73. The number of carbonyl (C=O) groups is 2. The maximum atomic E-state index is 13.4. The van der Waals surface area contributed by atoms with Gasteiger partial charge in [-0.2, -0.15) is 0 Å². The molecule has 1 fully saturated rings. The van der Waals surface area contributed by atoms with E-state index in [2.05, 4.69) is 5.32 Å². The lowest BCUT2D eigenvalue weighted by molar-refractivity contribution is -0.136. The van der Waals surface area contributed by atoms with Crippen LogP contribution in [0.3, 0.4) is 0 Å². The predicted molar refractivity (Wildman–Crippen MR) is 89.3 cm³/mol. The Morgan fingerprint density at radius 1 is 1.24 bits per heavy atom. The van der Waals surface area contributed by atoms with E-state index in [1.165, 1.54) is 17.0 Å². The van der Waals surface area contributed by atoms with E-state index in [1.54, 1.807) is 12.1 Å². The molecule has 0 saturated carbocycles. The highest BCUT2D eigenvalue weighted by atomic mass is 19.1. The second kappa shape index (κ2) is 5.67. The number of hydrogen-bond donors (Lipinski definition) is 2. The van der Waals surface area contributed by atoms with Gasteiger partial charge in [0.2, 0.25) is 11.8 Å². The Morgan fingerprint density at radius 2 is 1.96 bits per heavy atom. The van der Waals surface area contributed by atoms with Crippen LogP contribution in [0.5, 0.6) is 0 Å². The third-order valence-electron chi connectivity index (χ3n) is 5.23. The molecule has 2 aliphatic rings. The summed E-state index contributed by atoms with van der Waals surface area (Å²) < 4.78 is 13.4. The summed E-state index contributed by atoms with van der Waals surface area (Å²) in [5.41, 5.74) is 1.31. The minimum absolute atomic E-state index is 0.170. The number of fused-ring (bicyclic) bond motifs is 2. The van der Waals surface area contributed by atoms with Crippen molar-refractivity contribution >= 4 is 17.5 Å². The van der Waals surface area contributed by atoms with Crippen molar-refractivity contribution in [2.75, 3.05) is 18.5 Å². The molecule has 0 radical (unpaired) electrons. The number of likely N-dealkylation sites (tertiary alicyclic amines) is 1. The van der Waals surface area contributed by atoms with Crippen LogP contribution in [0.1, 0.15) is 23.6 Å². The number of aliphatic hydroxyl groups is 1. The third kappa shape index (κ3) is 2.17. The van der Waals surface area contributed by atoms with Crippen molar-refractivity contribution < 1.29 is 19.1 Å². The summed E-state index contributed by atoms with van der Waals surface area (Å²) >= 11 is 0. The van der Waals surface area contributed by atoms with Gasteiger partial charge in [0.05, 0.1) is 6.04 Å². The van der Waals surface area contributed by atoms with E-state index in [-0.39, 0.29) is 11.7 Å². The average Bonchev–Trinajstić information content (AvgIpc) is 3.15. The van der Waals surface area contributed by atoms with E-state index in [4.69, 9.17) is 0 Å². The quantitative estimate of drug-likeness (QED) is 0.878. The zero-order valence-electron chi connectivity index (χ0n) is 13.4. The second-order valence-electron chi connectivity index (χ2n) is 6.42. The summed E-state index contributed by atoms with van der Waals surface area (Å²) in [5, 5.41) is 12.2. The SMILES string of the molecule is O=C(CO)N1CC[C@]2(C(=O)Nc3ccccc32)[C@@H]1c1ccc(F)cc1. The fraction of sp³-hybridized carbons (Fsp3) is 0.263. The lowest BCUT2D eigenvalue weighted by Gasteiger charge is -2.34. The van der Waals surface area contributed by atoms with E-state index in [9.17, 15) is 19.1 Å². The molecule has 0 aliphatic carbocycles. The molecule has 6 heteroatoms. The highest BCUT2D eigenvalue weighted by molar-refractivity contribution is 6.07. The molecule has 2 atom stereocenters. The fourth-order valence-corrected chi connectivity index (χ4v) is 4.15. The number of aliphatic hydroxyl groups excluding tert-OH is 1. The van der Waals surface area contributed by atoms with Gasteiger partial charge < -0.3 is 15.3 Å². The Balaban J connectivity index is 1.91. The third-order valence-corrected chi connectivity index (χ3v) is 5.23. The van der Waals surface area contributed by atoms with Crippen molar-refractivity contribution in [3.05, 3.63) is 65.5 Å². The molecule has 0 unspecified atom stereocenters. The van der Waals surface area contributed by atoms with Crippen molar-refractivity contribution in [2.45, 2.75) is 17.9 Å². The largest absolute Gasteiger partial charge is 0.387 e. The van der Waals surface area contributed by atoms with Crippen LogP contribution in [-0.4, -0.2) is 35.0 Å². The molecule has 1 saturated heterocycles. The lowest BCUT2D eigenvalue weighted by atomic mass is 9.72. The Labute approximate surface area is 144 Å². The molecule has 2 heterocycles. The normalized spacial score (nSPS) is 24.5. The molecule has 2 aromatic rings. The van der Waals surface area contributed by atoms with Gasteiger partial charge in [-0.1, -0.05) is 30.3 Å². The summed E-state index contributed by atoms with van der Waals surface area (Å²) in [6, 6.07) is 12.7. The number of benzene rings is 2. The molecular weight excluding hydrogens is 323 g/mol. The first-order valence-corrected chi connectivity index (χ1v) is 8.14. The van der Waals surface area contributed by atoms with E-state index >= 15 is 0 Å². The number of nitrogens with zero attached hydrogens (tertiary/aromatic N) is 1. The maximum Gasteiger partial charge on any atom is 0.248 e. The number of halogens is 1. The maximum absolute atomic E-state index is 13.4. The topological polar surface area (TPSA) is 69.6 Å². The van der Waals surface area contributed by atoms with Gasteiger partial charge in [0, 0.05) is 12.2 Å². The van der Waals surface area contributed by atoms with Crippen molar-refractivity contribution in [1.29, 1.82) is 0 Å². The molecule has 0 aromatic heterocycles. The molecule has 128 valence electrons. The van der Waals surface area contributed by atoms with Crippen LogP contribution in [0.25, 0.3) is 0 Å². The summed E-state index contributed by atoms with van der Waals surface area (Å²) in [5.74, 6) is -0.994.